The first-order chi connectivity index (χ1) is 15.7. The molecule has 0 saturated heterocycles. The lowest BCUT2D eigenvalue weighted by molar-refractivity contribution is -0.274. The molecule has 0 radical (unpaired) electrons. The number of aliphatic imine (C=N–C) groups is 1. The maximum Gasteiger partial charge on any atom is 0.573 e. The molecule has 5 nitrogen and oxygen atoms in total. The molecule has 0 bridgehead atoms. The number of hydrogen-bond acceptors (Lipinski definition) is 4. The summed E-state index contributed by atoms with van der Waals surface area (Å²) in [5.74, 6) is 1.28. The molecule has 0 aromatic heterocycles. The number of benzene rings is 2. The van der Waals surface area contributed by atoms with Gasteiger partial charge in [0.2, 0.25) is 0 Å². The summed E-state index contributed by atoms with van der Waals surface area (Å²) in [4.78, 5) is 4.98. The standard InChI is InChI=1S/C25H31F3N4O/c1-24(29)14-23(32-21-8-4-3-7-20(21)24)31-19-12-10-17(11-13-19)15-30-16-18-6-2-5-9-22(18)33-25(26,27)28/h2-9,17,19,30H,10-16,29H2,1H3,(H,31,32). The molecule has 1 atom stereocenters. The summed E-state index contributed by atoms with van der Waals surface area (Å²) in [6.45, 7) is 3.14. The van der Waals surface area contributed by atoms with Gasteiger partial charge in [0.15, 0.2) is 0 Å². The molecule has 2 aromatic carbocycles. The van der Waals surface area contributed by atoms with Crippen LogP contribution < -0.4 is 21.1 Å². The highest BCUT2D eigenvalue weighted by atomic mass is 19.4. The summed E-state index contributed by atoms with van der Waals surface area (Å²) in [6.07, 6.45) is 0.0528. The van der Waals surface area contributed by atoms with Crippen LogP contribution in [0, 0.1) is 5.92 Å². The number of nitrogens with one attached hydrogen (secondary N) is 2. The van der Waals surface area contributed by atoms with Crippen molar-refractivity contribution in [1.29, 1.82) is 0 Å². The molecule has 1 saturated carbocycles. The number of amidine groups is 1. The van der Waals surface area contributed by atoms with E-state index in [0.29, 0.717) is 24.4 Å². The van der Waals surface area contributed by atoms with E-state index in [0.717, 1.165) is 49.3 Å². The van der Waals surface area contributed by atoms with Crippen LogP contribution in [0.1, 0.15) is 50.2 Å². The lowest BCUT2D eigenvalue weighted by atomic mass is 9.84. The molecule has 2 aromatic rings. The van der Waals surface area contributed by atoms with Crippen LogP contribution in [0.25, 0.3) is 0 Å². The van der Waals surface area contributed by atoms with Crippen molar-refractivity contribution in [3.8, 4) is 5.75 Å². The SMILES string of the molecule is CC1(N)CC(=NC2CCC(CNCc3ccccc3OC(F)(F)F)CC2)Nc2ccccc21. The Morgan fingerprint density at radius 2 is 1.79 bits per heavy atom. The summed E-state index contributed by atoms with van der Waals surface area (Å²) < 4.78 is 41.9. The monoisotopic (exact) mass is 460 g/mol. The van der Waals surface area contributed by atoms with Crippen LogP contribution in [-0.4, -0.2) is 24.8 Å². The summed E-state index contributed by atoms with van der Waals surface area (Å²) in [5, 5.41) is 6.75. The average molecular weight is 461 g/mol. The molecule has 33 heavy (non-hydrogen) atoms. The molecule has 1 heterocycles. The zero-order chi connectivity index (χ0) is 23.5. The number of halogens is 3. The molecule has 0 amide bonds. The molecule has 4 N–H and O–H groups in total. The van der Waals surface area contributed by atoms with Gasteiger partial charge in [-0.2, -0.15) is 0 Å². The largest absolute Gasteiger partial charge is 0.573 e. The molecule has 1 aliphatic heterocycles. The van der Waals surface area contributed by atoms with E-state index in [1.807, 2.05) is 25.1 Å². The number of rotatable bonds is 6. The van der Waals surface area contributed by atoms with Crippen LogP contribution in [0.4, 0.5) is 18.9 Å². The first-order valence-corrected chi connectivity index (χ1v) is 11.5. The number of ether oxygens (including phenoxy) is 1. The maximum atomic E-state index is 12.6. The average Bonchev–Trinajstić information content (AvgIpc) is 2.75. The van der Waals surface area contributed by atoms with Gasteiger partial charge >= 0.3 is 6.36 Å². The van der Waals surface area contributed by atoms with E-state index >= 15 is 0 Å². The highest BCUT2D eigenvalue weighted by Gasteiger charge is 2.33. The van der Waals surface area contributed by atoms with Crippen molar-refractivity contribution in [2.75, 3.05) is 11.9 Å². The Kier molecular flexibility index (Phi) is 6.95. The number of para-hydroxylation sites is 2. The third-order valence-corrected chi connectivity index (χ3v) is 6.46. The van der Waals surface area contributed by atoms with Crippen molar-refractivity contribution in [2.45, 2.75) is 63.5 Å². The second kappa shape index (κ2) is 9.73. The predicted octanol–water partition coefficient (Wildman–Crippen LogP) is 5.32. The summed E-state index contributed by atoms with van der Waals surface area (Å²) in [5.41, 5.74) is 8.76. The van der Waals surface area contributed by atoms with Crippen molar-refractivity contribution in [1.82, 2.24) is 5.32 Å². The highest BCUT2D eigenvalue weighted by molar-refractivity contribution is 5.99. The topological polar surface area (TPSA) is 71.7 Å². The molecule has 1 aliphatic carbocycles. The zero-order valence-corrected chi connectivity index (χ0v) is 18.8. The molecule has 2 aliphatic rings. The van der Waals surface area contributed by atoms with Crippen LogP contribution in [0.5, 0.6) is 5.75 Å². The van der Waals surface area contributed by atoms with Gasteiger partial charge in [0.05, 0.1) is 6.04 Å². The Hall–Kier alpha value is -2.58. The summed E-state index contributed by atoms with van der Waals surface area (Å²) in [6, 6.07) is 14.6. The van der Waals surface area contributed by atoms with Gasteiger partial charge < -0.3 is 21.1 Å². The molecular weight excluding hydrogens is 429 g/mol. The van der Waals surface area contributed by atoms with Gasteiger partial charge in [-0.15, -0.1) is 13.2 Å². The van der Waals surface area contributed by atoms with Crippen LogP contribution in [0.3, 0.4) is 0 Å². The zero-order valence-electron chi connectivity index (χ0n) is 18.8. The fourth-order valence-corrected chi connectivity index (χ4v) is 4.79. The fraction of sp³-hybridized carbons (Fsp3) is 0.480. The highest BCUT2D eigenvalue weighted by Crippen LogP contribution is 2.35. The number of nitrogens with zero attached hydrogens (tertiary/aromatic N) is 1. The number of nitrogens with two attached hydrogens (primary N) is 1. The van der Waals surface area contributed by atoms with E-state index in [1.54, 1.807) is 18.2 Å². The second-order valence-electron chi connectivity index (χ2n) is 9.30. The second-order valence-corrected chi connectivity index (χ2v) is 9.30. The minimum absolute atomic E-state index is 0.148. The first kappa shape index (κ1) is 23.6. The van der Waals surface area contributed by atoms with Gasteiger partial charge in [0, 0.05) is 29.8 Å². The molecule has 1 fully saturated rings. The Morgan fingerprint density at radius 1 is 1.09 bits per heavy atom. The predicted molar refractivity (Wildman–Crippen MR) is 124 cm³/mol. The van der Waals surface area contributed by atoms with E-state index in [9.17, 15) is 13.2 Å². The van der Waals surface area contributed by atoms with E-state index in [-0.39, 0.29) is 11.8 Å². The summed E-state index contributed by atoms with van der Waals surface area (Å²) in [7, 11) is 0. The lowest BCUT2D eigenvalue weighted by Gasteiger charge is -2.35. The molecule has 1 unspecified atom stereocenters. The van der Waals surface area contributed by atoms with E-state index in [2.05, 4.69) is 21.4 Å². The molecular formula is C25H31F3N4O. The van der Waals surface area contributed by atoms with Gasteiger partial charge in [-0.05, 0) is 62.8 Å². The molecule has 8 heteroatoms. The van der Waals surface area contributed by atoms with Gasteiger partial charge in [-0.25, -0.2) is 0 Å². The van der Waals surface area contributed by atoms with E-state index < -0.39 is 11.9 Å². The third-order valence-electron chi connectivity index (χ3n) is 6.46. The van der Waals surface area contributed by atoms with Crippen molar-refractivity contribution < 1.29 is 17.9 Å². The van der Waals surface area contributed by atoms with Gasteiger partial charge in [0.1, 0.15) is 11.6 Å². The van der Waals surface area contributed by atoms with Crippen LogP contribution >= 0.6 is 0 Å². The van der Waals surface area contributed by atoms with Crippen molar-refractivity contribution in [2.24, 2.45) is 16.6 Å². The Labute approximate surface area is 192 Å². The van der Waals surface area contributed by atoms with Gasteiger partial charge in [0.25, 0.3) is 0 Å². The van der Waals surface area contributed by atoms with E-state index in [1.165, 1.54) is 6.07 Å². The third kappa shape index (κ3) is 6.26. The number of alkyl halides is 3. The Bertz CT molecular complexity index is 982. The minimum Gasteiger partial charge on any atom is -0.405 e. The van der Waals surface area contributed by atoms with E-state index in [4.69, 9.17) is 10.7 Å². The van der Waals surface area contributed by atoms with Crippen LogP contribution in [0.15, 0.2) is 53.5 Å². The Balaban J connectivity index is 1.26. The fourth-order valence-electron chi connectivity index (χ4n) is 4.79. The molecule has 178 valence electrons. The summed E-state index contributed by atoms with van der Waals surface area (Å²) >= 11 is 0. The van der Waals surface area contributed by atoms with Gasteiger partial charge in [-0.3, -0.25) is 4.99 Å². The smallest absolute Gasteiger partial charge is 0.405 e. The lowest BCUT2D eigenvalue weighted by Crippen LogP contribution is -2.42. The molecule has 0 spiro atoms. The minimum atomic E-state index is -4.69. The Morgan fingerprint density at radius 3 is 2.55 bits per heavy atom. The quantitative estimate of drug-likeness (QED) is 0.546. The number of hydrogen-bond donors (Lipinski definition) is 3. The van der Waals surface area contributed by atoms with Crippen molar-refractivity contribution in [3.05, 3.63) is 59.7 Å². The van der Waals surface area contributed by atoms with Crippen LogP contribution in [-0.2, 0) is 12.1 Å². The van der Waals surface area contributed by atoms with Crippen LogP contribution in [0.2, 0.25) is 0 Å². The van der Waals surface area contributed by atoms with Gasteiger partial charge in [-0.1, -0.05) is 36.4 Å². The van der Waals surface area contributed by atoms with Crippen molar-refractivity contribution >= 4 is 11.5 Å². The van der Waals surface area contributed by atoms with Crippen molar-refractivity contribution in [3.63, 3.8) is 0 Å². The molecule has 4 rings (SSSR count). The maximum absolute atomic E-state index is 12.6. The number of fused-ring (bicyclic) bond motifs is 1. The normalized spacial score (nSPS) is 26.5. The number of anilines is 1. The first-order valence-electron chi connectivity index (χ1n) is 11.5.